The van der Waals surface area contributed by atoms with Gasteiger partial charge in [-0.05, 0) is 31.4 Å². The maximum absolute atomic E-state index is 5.78. The predicted molar refractivity (Wildman–Crippen MR) is 95.9 cm³/mol. The van der Waals surface area contributed by atoms with Gasteiger partial charge in [-0.15, -0.1) is 24.0 Å². The molecule has 20 heavy (non-hydrogen) atoms. The summed E-state index contributed by atoms with van der Waals surface area (Å²) < 4.78 is 5.72. The number of nitrogens with one attached hydrogen (secondary N) is 1. The van der Waals surface area contributed by atoms with Gasteiger partial charge in [-0.1, -0.05) is 32.0 Å². The van der Waals surface area contributed by atoms with E-state index in [4.69, 9.17) is 10.5 Å². The molecule has 0 heterocycles. The molecule has 0 aliphatic carbocycles. The van der Waals surface area contributed by atoms with Crippen LogP contribution in [0.25, 0.3) is 0 Å². The van der Waals surface area contributed by atoms with Crippen LogP contribution in [0.15, 0.2) is 35.3 Å². The van der Waals surface area contributed by atoms with Crippen molar-refractivity contribution in [2.75, 3.05) is 13.1 Å². The standard InChI is InChI=1S/C15H25N3O.HI/c1-12(2)9-10-17-15(16)18-11-13(3)19-14-7-5-4-6-8-14;/h4-8,12-13H,9-11H2,1-3H3,(H3,16,17,18);1H. The number of benzene rings is 1. The molecule has 1 aromatic rings. The van der Waals surface area contributed by atoms with Crippen LogP contribution >= 0.6 is 24.0 Å². The minimum Gasteiger partial charge on any atom is -0.489 e. The van der Waals surface area contributed by atoms with E-state index in [1.807, 2.05) is 37.3 Å². The molecule has 1 aromatic carbocycles. The topological polar surface area (TPSA) is 59.6 Å². The minimum atomic E-state index is 0. The molecule has 3 N–H and O–H groups in total. The predicted octanol–water partition coefficient (Wildman–Crippen LogP) is 3.02. The Kier molecular flexibility index (Phi) is 10.2. The van der Waals surface area contributed by atoms with Crippen LogP contribution in [0.2, 0.25) is 0 Å². The smallest absolute Gasteiger partial charge is 0.188 e. The molecular weight excluding hydrogens is 365 g/mol. The van der Waals surface area contributed by atoms with Crippen molar-refractivity contribution in [2.45, 2.75) is 33.3 Å². The van der Waals surface area contributed by atoms with Crippen molar-refractivity contribution in [1.82, 2.24) is 5.32 Å². The van der Waals surface area contributed by atoms with Gasteiger partial charge in [-0.25, -0.2) is 4.99 Å². The Bertz CT molecular complexity index is 382. The number of ether oxygens (including phenoxy) is 1. The highest BCUT2D eigenvalue weighted by Gasteiger charge is 2.03. The molecule has 0 radical (unpaired) electrons. The fourth-order valence-corrected chi connectivity index (χ4v) is 1.54. The van der Waals surface area contributed by atoms with Gasteiger partial charge >= 0.3 is 0 Å². The van der Waals surface area contributed by atoms with Gasteiger partial charge in [0, 0.05) is 6.54 Å². The molecule has 0 saturated heterocycles. The van der Waals surface area contributed by atoms with Gasteiger partial charge in [0.2, 0.25) is 0 Å². The second-order valence-electron chi connectivity index (χ2n) is 5.08. The number of nitrogens with zero attached hydrogens (tertiary/aromatic N) is 1. The van der Waals surface area contributed by atoms with E-state index in [-0.39, 0.29) is 30.1 Å². The maximum atomic E-state index is 5.78. The number of aliphatic imine (C=N–C) groups is 1. The Morgan fingerprint density at radius 3 is 2.50 bits per heavy atom. The summed E-state index contributed by atoms with van der Waals surface area (Å²) >= 11 is 0. The summed E-state index contributed by atoms with van der Waals surface area (Å²) in [6.07, 6.45) is 1.10. The van der Waals surface area contributed by atoms with Crippen LogP contribution in [0, 0.1) is 5.92 Å². The summed E-state index contributed by atoms with van der Waals surface area (Å²) in [5.41, 5.74) is 5.78. The SMILES string of the molecule is CC(C)CCNC(N)=NCC(C)Oc1ccccc1.I. The Balaban J connectivity index is 0.00000361. The fraction of sp³-hybridized carbons (Fsp3) is 0.533. The minimum absolute atomic E-state index is 0. The van der Waals surface area contributed by atoms with E-state index < -0.39 is 0 Å². The van der Waals surface area contributed by atoms with Crippen LogP contribution in [-0.4, -0.2) is 25.2 Å². The van der Waals surface area contributed by atoms with Crippen LogP contribution in [-0.2, 0) is 0 Å². The quantitative estimate of drug-likeness (QED) is 0.427. The average Bonchev–Trinajstić information content (AvgIpc) is 2.37. The molecule has 0 aromatic heterocycles. The first-order valence-corrected chi connectivity index (χ1v) is 6.83. The summed E-state index contributed by atoms with van der Waals surface area (Å²) in [4.78, 5) is 4.28. The van der Waals surface area contributed by atoms with Gasteiger partial charge in [0.25, 0.3) is 0 Å². The van der Waals surface area contributed by atoms with Gasteiger partial charge in [-0.2, -0.15) is 0 Å². The zero-order valence-electron chi connectivity index (χ0n) is 12.5. The summed E-state index contributed by atoms with van der Waals surface area (Å²) in [5, 5.41) is 3.11. The highest BCUT2D eigenvalue weighted by atomic mass is 127. The first kappa shape index (κ1) is 19.0. The van der Waals surface area contributed by atoms with Crippen LogP contribution < -0.4 is 15.8 Å². The third-order valence-electron chi connectivity index (χ3n) is 2.63. The summed E-state index contributed by atoms with van der Waals surface area (Å²) in [7, 11) is 0. The lowest BCUT2D eigenvalue weighted by Gasteiger charge is -2.13. The maximum Gasteiger partial charge on any atom is 0.188 e. The zero-order valence-corrected chi connectivity index (χ0v) is 14.8. The molecule has 1 unspecified atom stereocenters. The van der Waals surface area contributed by atoms with Crippen molar-refractivity contribution in [1.29, 1.82) is 0 Å². The highest BCUT2D eigenvalue weighted by Crippen LogP contribution is 2.10. The van der Waals surface area contributed by atoms with E-state index in [1.54, 1.807) is 0 Å². The zero-order chi connectivity index (χ0) is 14.1. The summed E-state index contributed by atoms with van der Waals surface area (Å²) in [5.74, 6) is 2.02. The molecule has 0 fully saturated rings. The molecule has 0 aliphatic rings. The van der Waals surface area contributed by atoms with Gasteiger partial charge in [0.1, 0.15) is 11.9 Å². The third kappa shape index (κ3) is 9.01. The fourth-order valence-electron chi connectivity index (χ4n) is 1.54. The number of halogens is 1. The van der Waals surface area contributed by atoms with Gasteiger partial charge in [0.15, 0.2) is 5.96 Å². The van der Waals surface area contributed by atoms with E-state index in [1.165, 1.54) is 0 Å². The second kappa shape index (κ2) is 10.8. The van der Waals surface area contributed by atoms with Crippen LogP contribution in [0.3, 0.4) is 0 Å². The van der Waals surface area contributed by atoms with E-state index in [2.05, 4.69) is 24.2 Å². The molecule has 5 heteroatoms. The number of hydrogen-bond donors (Lipinski definition) is 2. The molecule has 1 rings (SSSR count). The van der Waals surface area contributed by atoms with Crippen molar-refractivity contribution in [2.24, 2.45) is 16.6 Å². The lowest BCUT2D eigenvalue weighted by atomic mass is 10.1. The molecular formula is C15H26IN3O. The highest BCUT2D eigenvalue weighted by molar-refractivity contribution is 14.0. The Morgan fingerprint density at radius 2 is 1.90 bits per heavy atom. The number of nitrogens with two attached hydrogens (primary N) is 1. The van der Waals surface area contributed by atoms with Crippen molar-refractivity contribution in [3.8, 4) is 5.75 Å². The Labute approximate surface area is 139 Å². The molecule has 0 aliphatic heterocycles. The molecule has 4 nitrogen and oxygen atoms in total. The van der Waals surface area contributed by atoms with Crippen LogP contribution in [0.4, 0.5) is 0 Å². The van der Waals surface area contributed by atoms with E-state index >= 15 is 0 Å². The molecule has 0 saturated carbocycles. The van der Waals surface area contributed by atoms with Crippen LogP contribution in [0.5, 0.6) is 5.75 Å². The van der Waals surface area contributed by atoms with E-state index in [0.717, 1.165) is 18.7 Å². The Hall–Kier alpha value is -0.980. The van der Waals surface area contributed by atoms with Gasteiger partial charge < -0.3 is 15.8 Å². The summed E-state index contributed by atoms with van der Waals surface area (Å²) in [6, 6.07) is 9.74. The van der Waals surface area contributed by atoms with Crippen molar-refractivity contribution in [3.05, 3.63) is 30.3 Å². The lowest BCUT2D eigenvalue weighted by molar-refractivity contribution is 0.230. The van der Waals surface area contributed by atoms with Crippen molar-refractivity contribution >= 4 is 29.9 Å². The van der Waals surface area contributed by atoms with Crippen LogP contribution in [0.1, 0.15) is 27.2 Å². The molecule has 1 atom stereocenters. The van der Waals surface area contributed by atoms with Gasteiger partial charge in [-0.3, -0.25) is 0 Å². The van der Waals surface area contributed by atoms with E-state index in [9.17, 15) is 0 Å². The number of rotatable bonds is 7. The first-order chi connectivity index (χ1) is 9.08. The molecule has 0 bridgehead atoms. The molecule has 0 amide bonds. The number of para-hydroxylation sites is 1. The first-order valence-electron chi connectivity index (χ1n) is 6.83. The summed E-state index contributed by atoms with van der Waals surface area (Å²) in [6.45, 7) is 7.77. The van der Waals surface area contributed by atoms with E-state index in [0.29, 0.717) is 18.4 Å². The number of hydrogen-bond acceptors (Lipinski definition) is 2. The lowest BCUT2D eigenvalue weighted by Crippen LogP contribution is -2.34. The Morgan fingerprint density at radius 1 is 1.25 bits per heavy atom. The molecule has 114 valence electrons. The normalized spacial score (nSPS) is 12.7. The molecule has 0 spiro atoms. The average molecular weight is 391 g/mol. The number of guanidine groups is 1. The monoisotopic (exact) mass is 391 g/mol. The van der Waals surface area contributed by atoms with Crippen molar-refractivity contribution < 1.29 is 4.74 Å². The largest absolute Gasteiger partial charge is 0.489 e. The third-order valence-corrected chi connectivity index (χ3v) is 2.63. The van der Waals surface area contributed by atoms with Crippen molar-refractivity contribution in [3.63, 3.8) is 0 Å². The van der Waals surface area contributed by atoms with Gasteiger partial charge in [0.05, 0.1) is 6.54 Å². The second-order valence-corrected chi connectivity index (χ2v) is 5.08.